The summed E-state index contributed by atoms with van der Waals surface area (Å²) in [6.07, 6.45) is 5.49. The maximum atomic E-state index is 11.9. The molecule has 1 unspecified atom stereocenters. The van der Waals surface area contributed by atoms with Gasteiger partial charge in [0.1, 0.15) is 0 Å². The van der Waals surface area contributed by atoms with Crippen molar-refractivity contribution in [1.82, 2.24) is 10.6 Å². The molecule has 0 heterocycles. The lowest BCUT2D eigenvalue weighted by Gasteiger charge is -2.14. The summed E-state index contributed by atoms with van der Waals surface area (Å²) in [5.41, 5.74) is -0.00239. The van der Waals surface area contributed by atoms with Gasteiger partial charge in [-0.3, -0.25) is 19.7 Å². The van der Waals surface area contributed by atoms with Gasteiger partial charge in [0.15, 0.2) is 0 Å². The maximum absolute atomic E-state index is 11.9. The zero-order valence-corrected chi connectivity index (χ0v) is 14.2. The van der Waals surface area contributed by atoms with Gasteiger partial charge < -0.3 is 10.6 Å². The molecular formula is C17H25N3O4. The van der Waals surface area contributed by atoms with Crippen LogP contribution in [0.25, 0.3) is 0 Å². The van der Waals surface area contributed by atoms with E-state index < -0.39 is 10.8 Å². The van der Waals surface area contributed by atoms with E-state index in [1.54, 1.807) is 0 Å². The Morgan fingerprint density at radius 2 is 2.00 bits per heavy atom. The van der Waals surface area contributed by atoms with E-state index in [1.165, 1.54) is 37.1 Å². The van der Waals surface area contributed by atoms with E-state index in [4.69, 9.17) is 0 Å². The Hall–Kier alpha value is -2.44. The van der Waals surface area contributed by atoms with E-state index >= 15 is 0 Å². The van der Waals surface area contributed by atoms with Gasteiger partial charge in [-0.05, 0) is 19.4 Å². The summed E-state index contributed by atoms with van der Waals surface area (Å²) in [5.74, 6) is -0.777. The van der Waals surface area contributed by atoms with Crippen LogP contribution in [0.4, 0.5) is 5.69 Å². The first-order chi connectivity index (χ1) is 11.4. The normalized spacial score (nSPS) is 11.6. The second-order valence-electron chi connectivity index (χ2n) is 5.81. The minimum atomic E-state index is -0.566. The lowest BCUT2D eigenvalue weighted by Crippen LogP contribution is -2.40. The molecule has 0 aliphatic heterocycles. The van der Waals surface area contributed by atoms with E-state index in [0.29, 0.717) is 0 Å². The lowest BCUT2D eigenvalue weighted by molar-refractivity contribution is -0.384. The van der Waals surface area contributed by atoms with Gasteiger partial charge in [-0.2, -0.15) is 0 Å². The van der Waals surface area contributed by atoms with Crippen LogP contribution in [0.15, 0.2) is 24.3 Å². The Bertz CT molecular complexity index is 575. The molecule has 2 amide bonds. The number of unbranched alkanes of at least 4 members (excludes halogenated alkanes) is 3. The fourth-order valence-corrected chi connectivity index (χ4v) is 2.30. The molecule has 1 atom stereocenters. The van der Waals surface area contributed by atoms with Gasteiger partial charge >= 0.3 is 0 Å². The summed E-state index contributed by atoms with van der Waals surface area (Å²) in [5, 5.41) is 16.0. The van der Waals surface area contributed by atoms with E-state index in [-0.39, 0.29) is 29.7 Å². The van der Waals surface area contributed by atoms with Crippen molar-refractivity contribution in [3.8, 4) is 0 Å². The summed E-state index contributed by atoms with van der Waals surface area (Å²) in [6.45, 7) is 3.93. The van der Waals surface area contributed by atoms with Crippen LogP contribution in [0.1, 0.15) is 56.3 Å². The zero-order chi connectivity index (χ0) is 17.9. The fourth-order valence-electron chi connectivity index (χ4n) is 2.30. The molecule has 0 aliphatic carbocycles. The third kappa shape index (κ3) is 7.21. The molecule has 0 radical (unpaired) electrons. The number of nitrogens with zero attached hydrogens (tertiary/aromatic N) is 1. The highest BCUT2D eigenvalue weighted by atomic mass is 16.6. The number of nitro benzene ring substituents is 1. The van der Waals surface area contributed by atoms with E-state index in [2.05, 4.69) is 17.6 Å². The monoisotopic (exact) mass is 335 g/mol. The number of non-ortho nitro benzene ring substituents is 1. The van der Waals surface area contributed by atoms with Crippen molar-refractivity contribution in [2.45, 2.75) is 52.0 Å². The van der Waals surface area contributed by atoms with Crippen LogP contribution in [0.5, 0.6) is 0 Å². The standard InChI is InChI=1S/C17H25N3O4/c1-3-4-5-6-8-13(2)19-16(21)12-18-17(22)14-9-7-10-15(11-14)20(23)24/h7,9-11,13H,3-6,8,12H2,1-2H3,(H,18,22)(H,19,21). The summed E-state index contributed by atoms with van der Waals surface area (Å²) < 4.78 is 0. The topological polar surface area (TPSA) is 101 Å². The quantitative estimate of drug-likeness (QED) is 0.390. The average Bonchev–Trinajstić information content (AvgIpc) is 2.56. The van der Waals surface area contributed by atoms with Gasteiger partial charge in [-0.25, -0.2) is 0 Å². The first-order valence-corrected chi connectivity index (χ1v) is 8.26. The third-order valence-electron chi connectivity index (χ3n) is 3.63. The van der Waals surface area contributed by atoms with Crippen LogP contribution in [0.2, 0.25) is 0 Å². The van der Waals surface area contributed by atoms with Crippen molar-refractivity contribution in [2.75, 3.05) is 6.54 Å². The van der Waals surface area contributed by atoms with Crippen molar-refractivity contribution in [3.05, 3.63) is 39.9 Å². The second-order valence-corrected chi connectivity index (χ2v) is 5.81. The number of amides is 2. The number of hydrogen-bond acceptors (Lipinski definition) is 4. The largest absolute Gasteiger partial charge is 0.352 e. The first-order valence-electron chi connectivity index (χ1n) is 8.26. The highest BCUT2D eigenvalue weighted by Crippen LogP contribution is 2.12. The molecule has 0 fully saturated rings. The number of carbonyl (C=O) groups excluding carboxylic acids is 2. The molecule has 0 spiro atoms. The molecule has 7 nitrogen and oxygen atoms in total. The highest BCUT2D eigenvalue weighted by molar-refractivity contribution is 5.96. The number of nitrogens with one attached hydrogen (secondary N) is 2. The minimum Gasteiger partial charge on any atom is -0.352 e. The summed E-state index contributed by atoms with van der Waals surface area (Å²) in [4.78, 5) is 33.9. The van der Waals surface area contributed by atoms with Gasteiger partial charge in [0.05, 0.1) is 11.5 Å². The Kier molecular flexibility index (Phi) is 8.46. The Labute approximate surface area is 142 Å². The molecule has 1 rings (SSSR count). The number of carbonyl (C=O) groups is 2. The van der Waals surface area contributed by atoms with Crippen molar-refractivity contribution in [3.63, 3.8) is 0 Å². The number of hydrogen-bond donors (Lipinski definition) is 2. The highest BCUT2D eigenvalue weighted by Gasteiger charge is 2.13. The number of nitro groups is 1. The molecule has 7 heteroatoms. The van der Waals surface area contributed by atoms with Crippen LogP contribution in [0.3, 0.4) is 0 Å². The van der Waals surface area contributed by atoms with E-state index in [9.17, 15) is 19.7 Å². The van der Waals surface area contributed by atoms with Gasteiger partial charge in [-0.1, -0.05) is 38.7 Å². The first kappa shape index (κ1) is 19.6. The fraction of sp³-hybridized carbons (Fsp3) is 0.529. The molecule has 1 aromatic carbocycles. The number of benzene rings is 1. The molecule has 0 aliphatic rings. The molecule has 132 valence electrons. The SMILES string of the molecule is CCCCCCC(C)NC(=O)CNC(=O)c1cccc([N+](=O)[O-])c1. The third-order valence-corrected chi connectivity index (χ3v) is 3.63. The van der Waals surface area contributed by atoms with Crippen molar-refractivity contribution >= 4 is 17.5 Å². The van der Waals surface area contributed by atoms with Crippen LogP contribution >= 0.6 is 0 Å². The Balaban J connectivity index is 2.37. The molecule has 0 saturated heterocycles. The molecular weight excluding hydrogens is 310 g/mol. The van der Waals surface area contributed by atoms with Crippen molar-refractivity contribution in [1.29, 1.82) is 0 Å². The molecule has 24 heavy (non-hydrogen) atoms. The predicted octanol–water partition coefficient (Wildman–Crippen LogP) is 2.80. The van der Waals surface area contributed by atoms with Gasteiger partial charge in [0.2, 0.25) is 5.91 Å². The van der Waals surface area contributed by atoms with Crippen LogP contribution in [-0.2, 0) is 4.79 Å². The summed E-state index contributed by atoms with van der Waals surface area (Å²) >= 11 is 0. The van der Waals surface area contributed by atoms with Crippen LogP contribution in [-0.4, -0.2) is 29.3 Å². The minimum absolute atomic E-state index is 0.0593. The predicted molar refractivity (Wildman–Crippen MR) is 91.8 cm³/mol. The number of rotatable bonds is 10. The summed E-state index contributed by atoms with van der Waals surface area (Å²) in [7, 11) is 0. The molecule has 1 aromatic rings. The molecule has 0 saturated carbocycles. The molecule has 0 aromatic heterocycles. The van der Waals surface area contributed by atoms with E-state index in [1.807, 2.05) is 6.92 Å². The van der Waals surface area contributed by atoms with Crippen molar-refractivity contribution in [2.24, 2.45) is 0 Å². The smallest absolute Gasteiger partial charge is 0.270 e. The Morgan fingerprint density at radius 3 is 2.67 bits per heavy atom. The van der Waals surface area contributed by atoms with Gasteiger partial charge in [-0.15, -0.1) is 0 Å². The van der Waals surface area contributed by atoms with E-state index in [0.717, 1.165) is 19.3 Å². The van der Waals surface area contributed by atoms with Gasteiger partial charge in [0.25, 0.3) is 11.6 Å². The summed E-state index contributed by atoms with van der Waals surface area (Å²) in [6, 6.07) is 5.46. The van der Waals surface area contributed by atoms with Crippen molar-refractivity contribution < 1.29 is 14.5 Å². The Morgan fingerprint density at radius 1 is 1.25 bits per heavy atom. The maximum Gasteiger partial charge on any atom is 0.270 e. The lowest BCUT2D eigenvalue weighted by atomic mass is 10.1. The second kappa shape index (κ2) is 10.4. The van der Waals surface area contributed by atoms with Gasteiger partial charge in [0, 0.05) is 23.7 Å². The zero-order valence-electron chi connectivity index (χ0n) is 14.2. The van der Waals surface area contributed by atoms with Crippen LogP contribution < -0.4 is 10.6 Å². The average molecular weight is 335 g/mol. The molecule has 0 bridgehead atoms. The van der Waals surface area contributed by atoms with Crippen LogP contribution in [0, 0.1) is 10.1 Å². The molecule has 2 N–H and O–H groups in total.